The summed E-state index contributed by atoms with van der Waals surface area (Å²) in [5.41, 5.74) is 8.87. The Morgan fingerprint density at radius 2 is 1.55 bits per heavy atom. The number of hydrogen-bond donors (Lipinski definition) is 1. The van der Waals surface area contributed by atoms with Crippen LogP contribution in [0.1, 0.15) is 110 Å². The molecule has 0 unspecified atom stereocenters. The van der Waals surface area contributed by atoms with Crippen molar-refractivity contribution in [2.45, 2.75) is 130 Å². The van der Waals surface area contributed by atoms with E-state index in [4.69, 9.17) is 4.98 Å². The maximum absolute atomic E-state index is 11.7. The number of rotatable bonds is 10. The van der Waals surface area contributed by atoms with Crippen molar-refractivity contribution in [3.8, 4) is 22.4 Å². The molecule has 1 aromatic heterocycles. The van der Waals surface area contributed by atoms with Gasteiger partial charge in [0.1, 0.15) is 0 Å². The summed E-state index contributed by atoms with van der Waals surface area (Å²) in [6, 6.07) is 29.0. The maximum Gasteiger partial charge on any atom is 0.162 e. The predicted molar refractivity (Wildman–Crippen MR) is 218 cm³/mol. The molecule has 277 valence electrons. The molecule has 0 aliphatic carbocycles. The number of benzene rings is 3. The zero-order valence-electron chi connectivity index (χ0n) is 33.0. The molecule has 5 rings (SSSR count). The SMILES string of the molecule is CCC(CC)C(=O)/C=C(\O)C(CC)CC.Cc1cc(C2CC[Si](C)(C)CC2)ccc1-c1ccnc(-c2[c-]c3ccccc3c(C(C)(C)C)c2)c1.[Ir]. The molecule has 0 bridgehead atoms. The van der Waals surface area contributed by atoms with Gasteiger partial charge in [0.2, 0.25) is 0 Å². The number of pyridine rings is 1. The van der Waals surface area contributed by atoms with Crippen LogP contribution < -0.4 is 0 Å². The van der Waals surface area contributed by atoms with E-state index in [2.05, 4.69) is 108 Å². The summed E-state index contributed by atoms with van der Waals surface area (Å²) in [7, 11) is -0.924. The number of ketones is 1. The third-order valence-electron chi connectivity index (χ3n) is 11.1. The molecule has 1 aliphatic heterocycles. The number of carbonyl (C=O) groups is 1. The van der Waals surface area contributed by atoms with Crippen molar-refractivity contribution in [2.24, 2.45) is 11.8 Å². The van der Waals surface area contributed by atoms with E-state index in [0.29, 0.717) is 0 Å². The molecule has 1 radical (unpaired) electrons. The fourth-order valence-corrected chi connectivity index (χ4v) is 10.0. The smallest absolute Gasteiger partial charge is 0.162 e. The number of aliphatic hydroxyl groups excluding tert-OH is 1. The first-order valence-electron chi connectivity index (χ1n) is 19.2. The van der Waals surface area contributed by atoms with Gasteiger partial charge >= 0.3 is 0 Å². The minimum absolute atomic E-state index is 0. The molecule has 3 nitrogen and oxygen atoms in total. The van der Waals surface area contributed by atoms with Crippen molar-refractivity contribution in [3.05, 3.63) is 101 Å². The summed E-state index contributed by atoms with van der Waals surface area (Å²) >= 11 is 0. The molecule has 5 heteroatoms. The van der Waals surface area contributed by atoms with Gasteiger partial charge in [0.25, 0.3) is 0 Å². The number of aromatic nitrogens is 1. The van der Waals surface area contributed by atoms with Gasteiger partial charge in [-0.2, -0.15) is 0 Å². The normalized spacial score (nSPS) is 15.0. The number of hydrogen-bond acceptors (Lipinski definition) is 3. The number of nitrogens with zero attached hydrogens (tertiary/aromatic N) is 1. The number of aliphatic hydroxyl groups is 1. The van der Waals surface area contributed by atoms with Gasteiger partial charge in [-0.05, 0) is 85.1 Å². The Kier molecular flexibility index (Phi) is 15.7. The van der Waals surface area contributed by atoms with Crippen LogP contribution in [0.4, 0.5) is 0 Å². The summed E-state index contributed by atoms with van der Waals surface area (Å²) < 4.78 is 0. The van der Waals surface area contributed by atoms with Crippen molar-refractivity contribution in [2.75, 3.05) is 0 Å². The molecule has 0 atom stereocenters. The van der Waals surface area contributed by atoms with Crippen LogP contribution in [0.15, 0.2) is 78.7 Å². The van der Waals surface area contributed by atoms with Gasteiger partial charge in [0, 0.05) is 58.0 Å². The number of carbonyl (C=O) groups excluding carboxylic acids is 1. The monoisotopic (exact) mass is 881 g/mol. The molecule has 2 heterocycles. The van der Waals surface area contributed by atoms with E-state index < -0.39 is 8.07 Å². The average Bonchev–Trinajstić information content (AvgIpc) is 3.08. The standard InChI is InChI=1S/C33H38NSi.C13H24O2.Ir/c1-23-19-25(24-14-17-35(5,6)18-15-24)11-12-29(23)27-13-16-34-32(22-27)28-20-26-9-7-8-10-30(26)31(21-28)33(2,3)4;1-5-10(6-2)12(14)9-13(15)11(7-3)8-4;/h7-13,16,19,21-22,24H,14-15,17-18H2,1-6H3;9-11,14H,5-8H2,1-4H3;/q-1;;/b;12-9-;. The van der Waals surface area contributed by atoms with Gasteiger partial charge in [-0.25, -0.2) is 0 Å². The molecular formula is C46H62IrNO2Si-. The van der Waals surface area contributed by atoms with E-state index >= 15 is 0 Å². The second-order valence-corrected chi connectivity index (χ2v) is 21.7. The van der Waals surface area contributed by atoms with Crippen LogP contribution in [0.5, 0.6) is 0 Å². The summed E-state index contributed by atoms with van der Waals surface area (Å²) in [5, 5.41) is 12.2. The fourth-order valence-electron chi connectivity index (χ4n) is 7.51. The summed E-state index contributed by atoms with van der Waals surface area (Å²) in [6.45, 7) is 22.3. The first-order chi connectivity index (χ1) is 23.7. The zero-order valence-corrected chi connectivity index (χ0v) is 36.3. The van der Waals surface area contributed by atoms with Crippen LogP contribution in [0.3, 0.4) is 0 Å². The number of allylic oxidation sites excluding steroid dienone is 2. The molecule has 1 fully saturated rings. The molecule has 0 amide bonds. The minimum Gasteiger partial charge on any atom is -0.512 e. The first kappa shape index (κ1) is 42.6. The van der Waals surface area contributed by atoms with Crippen LogP contribution in [0, 0.1) is 24.8 Å². The van der Waals surface area contributed by atoms with Crippen molar-refractivity contribution >= 4 is 24.6 Å². The summed E-state index contributed by atoms with van der Waals surface area (Å²) in [5.74, 6) is 1.28. The van der Waals surface area contributed by atoms with Crippen LogP contribution in [-0.2, 0) is 30.3 Å². The Morgan fingerprint density at radius 1 is 0.922 bits per heavy atom. The predicted octanol–water partition coefficient (Wildman–Crippen LogP) is 13.4. The van der Waals surface area contributed by atoms with E-state index in [-0.39, 0.29) is 48.9 Å². The Bertz CT molecular complexity index is 1770. The number of fused-ring (bicyclic) bond motifs is 1. The van der Waals surface area contributed by atoms with Gasteiger partial charge in [0.15, 0.2) is 5.78 Å². The van der Waals surface area contributed by atoms with Crippen LogP contribution in [0.2, 0.25) is 25.2 Å². The van der Waals surface area contributed by atoms with Crippen molar-refractivity contribution in [1.29, 1.82) is 0 Å². The van der Waals surface area contributed by atoms with Crippen LogP contribution in [-0.4, -0.2) is 23.9 Å². The zero-order chi connectivity index (χ0) is 36.6. The molecule has 1 aliphatic rings. The van der Waals surface area contributed by atoms with E-state index in [1.54, 1.807) is 0 Å². The summed E-state index contributed by atoms with van der Waals surface area (Å²) in [6.07, 6.45) is 9.59. The third kappa shape index (κ3) is 11.1. The first-order valence-corrected chi connectivity index (χ1v) is 22.6. The average molecular weight is 881 g/mol. The fraction of sp³-hybridized carbons (Fsp3) is 0.478. The van der Waals surface area contributed by atoms with Crippen LogP contribution in [0.25, 0.3) is 33.2 Å². The molecule has 1 saturated heterocycles. The quantitative estimate of drug-likeness (QED) is 0.0747. The van der Waals surface area contributed by atoms with Gasteiger partial charge < -0.3 is 5.11 Å². The van der Waals surface area contributed by atoms with Gasteiger partial charge in [-0.15, -0.1) is 29.1 Å². The van der Waals surface area contributed by atoms with Crippen molar-refractivity contribution in [3.63, 3.8) is 0 Å². The number of aryl methyl sites for hydroxylation is 1. The minimum atomic E-state index is -0.924. The van der Waals surface area contributed by atoms with Crippen molar-refractivity contribution < 1.29 is 30.0 Å². The Balaban J connectivity index is 0.000000374. The van der Waals surface area contributed by atoms with E-state index in [1.165, 1.54) is 64.2 Å². The summed E-state index contributed by atoms with van der Waals surface area (Å²) in [4.78, 5) is 16.5. The molecule has 0 saturated carbocycles. The third-order valence-corrected chi connectivity index (χ3v) is 14.4. The van der Waals surface area contributed by atoms with Gasteiger partial charge in [-0.3, -0.25) is 9.78 Å². The second kappa shape index (κ2) is 18.8. The molecule has 0 spiro atoms. The topological polar surface area (TPSA) is 50.2 Å². The largest absolute Gasteiger partial charge is 0.512 e. The van der Waals surface area contributed by atoms with E-state index in [0.717, 1.165) is 48.2 Å². The molecular weight excluding hydrogens is 819 g/mol. The van der Waals surface area contributed by atoms with E-state index in [1.807, 2.05) is 33.9 Å². The maximum atomic E-state index is 11.7. The Labute approximate surface area is 324 Å². The van der Waals surface area contributed by atoms with Gasteiger partial charge in [0.05, 0.1) is 5.76 Å². The molecule has 51 heavy (non-hydrogen) atoms. The van der Waals surface area contributed by atoms with Gasteiger partial charge in [-0.1, -0.05) is 127 Å². The Morgan fingerprint density at radius 3 is 2.14 bits per heavy atom. The van der Waals surface area contributed by atoms with Crippen LogP contribution >= 0.6 is 0 Å². The molecule has 4 aromatic rings. The molecule has 3 aromatic carbocycles. The van der Waals surface area contributed by atoms with Crippen molar-refractivity contribution in [1.82, 2.24) is 4.98 Å². The molecule has 1 N–H and O–H groups in total. The van der Waals surface area contributed by atoms with E-state index in [9.17, 15) is 9.90 Å². The Hall–Kier alpha value is -2.85. The second-order valence-electron chi connectivity index (χ2n) is 16.3.